The number of likely N-dealkylation sites (tertiary alicyclic amines) is 1. The van der Waals surface area contributed by atoms with E-state index in [1.165, 1.54) is 36.3 Å². The number of hydroxylamine groups is 1. The molecule has 1 heterocycles. The lowest BCUT2D eigenvalue weighted by Gasteiger charge is -2.65. The van der Waals surface area contributed by atoms with Crippen molar-refractivity contribution < 1.29 is 24.0 Å². The number of anilines is 1. The highest BCUT2D eigenvalue weighted by Gasteiger charge is 2.60. The van der Waals surface area contributed by atoms with Crippen LogP contribution in [0.2, 0.25) is 0 Å². The number of hydrogen-bond acceptors (Lipinski definition) is 4. The molecule has 1 aliphatic heterocycles. The first-order valence-electron chi connectivity index (χ1n) is 12.6. The van der Waals surface area contributed by atoms with Gasteiger partial charge in [-0.3, -0.25) is 14.8 Å². The quantitative estimate of drug-likeness (QED) is 0.380. The van der Waals surface area contributed by atoms with Gasteiger partial charge in [-0.15, -0.1) is 0 Å². The second-order valence-electron chi connectivity index (χ2n) is 12.3. The van der Waals surface area contributed by atoms with Crippen LogP contribution in [-0.4, -0.2) is 46.6 Å². The zero-order valence-corrected chi connectivity index (χ0v) is 20.5. The highest BCUT2D eigenvalue weighted by molar-refractivity contribution is 5.96. The van der Waals surface area contributed by atoms with Crippen LogP contribution in [0.4, 0.5) is 14.9 Å². The third-order valence-electron chi connectivity index (χ3n) is 8.66. The molecule has 1 aromatic carbocycles. The molecular formula is C26H35FN4O4. The summed E-state index contributed by atoms with van der Waals surface area (Å²) in [6.45, 7) is 5.29. The topological polar surface area (TPSA) is 111 Å². The van der Waals surface area contributed by atoms with Gasteiger partial charge in [0.05, 0.1) is 11.6 Å². The molecule has 8 nitrogen and oxygen atoms in total. The average Bonchev–Trinajstić information content (AvgIpc) is 2.76. The Kier molecular flexibility index (Phi) is 5.81. The molecule has 1 aromatic rings. The molecule has 4 amide bonds. The number of carbonyl (C=O) groups excluding carboxylic acids is 3. The summed E-state index contributed by atoms with van der Waals surface area (Å²) in [5.41, 5.74) is 2.07. The van der Waals surface area contributed by atoms with Gasteiger partial charge in [0.15, 0.2) is 0 Å². The molecule has 6 rings (SSSR count). The molecule has 1 saturated heterocycles. The first kappa shape index (κ1) is 24.0. The number of amides is 4. The van der Waals surface area contributed by atoms with Gasteiger partial charge in [-0.1, -0.05) is 13.8 Å². The minimum Gasteiger partial charge on any atom is -0.338 e. The van der Waals surface area contributed by atoms with Crippen LogP contribution in [0.15, 0.2) is 18.2 Å². The summed E-state index contributed by atoms with van der Waals surface area (Å²) in [5.74, 6) is -1.47. The summed E-state index contributed by atoms with van der Waals surface area (Å²) >= 11 is 0. The number of nitrogens with zero attached hydrogens (tertiary/aromatic N) is 1. The Morgan fingerprint density at radius 2 is 1.80 bits per heavy atom. The Balaban J connectivity index is 1.24. The van der Waals surface area contributed by atoms with E-state index in [9.17, 15) is 18.8 Å². The van der Waals surface area contributed by atoms with E-state index in [2.05, 4.69) is 24.5 Å². The van der Waals surface area contributed by atoms with Crippen LogP contribution in [0.3, 0.4) is 0 Å². The number of nitrogens with one attached hydrogen (secondary N) is 3. The van der Waals surface area contributed by atoms with E-state index in [1.807, 2.05) is 0 Å². The van der Waals surface area contributed by atoms with Crippen molar-refractivity contribution in [2.45, 2.75) is 70.8 Å². The van der Waals surface area contributed by atoms with Crippen molar-refractivity contribution in [1.29, 1.82) is 0 Å². The molecule has 4 N–H and O–H groups in total. The van der Waals surface area contributed by atoms with E-state index < -0.39 is 23.7 Å². The largest absolute Gasteiger partial charge is 0.338 e. The molecule has 35 heavy (non-hydrogen) atoms. The molecule has 4 aliphatic carbocycles. The molecule has 5 fully saturated rings. The lowest BCUT2D eigenvalue weighted by molar-refractivity contribution is -0.134. The van der Waals surface area contributed by atoms with Crippen molar-refractivity contribution in [3.63, 3.8) is 0 Å². The van der Waals surface area contributed by atoms with E-state index in [4.69, 9.17) is 5.21 Å². The van der Waals surface area contributed by atoms with E-state index in [0.717, 1.165) is 25.3 Å². The smallest absolute Gasteiger partial charge is 0.319 e. The number of piperidine rings is 1. The van der Waals surface area contributed by atoms with Crippen molar-refractivity contribution in [3.05, 3.63) is 29.6 Å². The standard InChI is InChI=1S/C26H35FN4O4/c1-24-9-16-10-25(2,13-24)15-26(11-16,14-24)29-23(34)28-20-6-5-17(8-19(20)27)22(33)31-7-3-4-18(12-31)21(32)30-35/h5-6,8,16,18,35H,3-4,7,9-15H2,1-2H3,(H,30,32)(H2,28,29,34)/t16?,18-,24-,25+,26?/m0/s1. The van der Waals surface area contributed by atoms with E-state index in [1.54, 1.807) is 5.48 Å². The van der Waals surface area contributed by atoms with Crippen molar-refractivity contribution in [1.82, 2.24) is 15.7 Å². The van der Waals surface area contributed by atoms with Crippen molar-refractivity contribution in [2.75, 3.05) is 18.4 Å². The number of benzene rings is 1. The maximum Gasteiger partial charge on any atom is 0.319 e. The van der Waals surface area contributed by atoms with Crippen molar-refractivity contribution >= 4 is 23.5 Å². The van der Waals surface area contributed by atoms with Gasteiger partial charge in [0.2, 0.25) is 5.91 Å². The highest BCUT2D eigenvalue weighted by atomic mass is 19.1. The third-order valence-corrected chi connectivity index (χ3v) is 8.66. The van der Waals surface area contributed by atoms with E-state index in [-0.39, 0.29) is 40.1 Å². The summed E-state index contributed by atoms with van der Waals surface area (Å²) in [7, 11) is 0. The third kappa shape index (κ3) is 4.62. The molecule has 4 saturated carbocycles. The number of urea groups is 1. The van der Waals surface area contributed by atoms with Crippen LogP contribution >= 0.6 is 0 Å². The molecule has 9 heteroatoms. The summed E-state index contributed by atoms with van der Waals surface area (Å²) < 4.78 is 14.9. The number of halogens is 1. The van der Waals surface area contributed by atoms with Gasteiger partial charge in [-0.25, -0.2) is 14.7 Å². The molecule has 0 spiro atoms. The number of hydrogen-bond donors (Lipinski definition) is 4. The Morgan fingerprint density at radius 1 is 1.09 bits per heavy atom. The van der Waals surface area contributed by atoms with Gasteiger partial charge in [0.1, 0.15) is 5.82 Å². The maximum absolute atomic E-state index is 14.9. The second-order valence-corrected chi connectivity index (χ2v) is 12.3. The predicted octanol–water partition coefficient (Wildman–Crippen LogP) is 4.05. The van der Waals surface area contributed by atoms with Crippen LogP contribution < -0.4 is 16.1 Å². The van der Waals surface area contributed by atoms with Gasteiger partial charge < -0.3 is 15.5 Å². The summed E-state index contributed by atoms with van der Waals surface area (Å²) in [6, 6.07) is 3.61. The molecule has 5 atom stereocenters. The maximum atomic E-state index is 14.9. The predicted molar refractivity (Wildman–Crippen MR) is 127 cm³/mol. The fourth-order valence-electron chi connectivity index (χ4n) is 8.38. The first-order valence-corrected chi connectivity index (χ1v) is 12.6. The van der Waals surface area contributed by atoms with Crippen LogP contribution in [0, 0.1) is 28.5 Å². The number of carbonyl (C=O) groups is 3. The van der Waals surface area contributed by atoms with Crippen LogP contribution in [0.1, 0.15) is 75.6 Å². The normalized spacial score (nSPS) is 35.5. The van der Waals surface area contributed by atoms with Crippen molar-refractivity contribution in [2.24, 2.45) is 22.7 Å². The minimum absolute atomic E-state index is 0.0254. The van der Waals surface area contributed by atoms with E-state index >= 15 is 0 Å². The van der Waals surface area contributed by atoms with Gasteiger partial charge in [0.25, 0.3) is 5.91 Å². The fourth-order valence-corrected chi connectivity index (χ4v) is 8.38. The monoisotopic (exact) mass is 486 g/mol. The zero-order valence-electron chi connectivity index (χ0n) is 20.5. The first-order chi connectivity index (χ1) is 16.5. The van der Waals surface area contributed by atoms with Gasteiger partial charge in [-0.2, -0.15) is 0 Å². The SMILES string of the molecule is C[C@]12CC3CC(NC(=O)Nc4ccc(C(=O)N5CCC[C@H](C(=O)NO)C5)cc4F)(C1)C[C@@](C)(C3)C2. The average molecular weight is 487 g/mol. The summed E-state index contributed by atoms with van der Waals surface area (Å²) in [4.78, 5) is 39.0. The minimum atomic E-state index is -0.683. The summed E-state index contributed by atoms with van der Waals surface area (Å²) in [5, 5.41) is 14.7. The Hall–Kier alpha value is -2.68. The van der Waals surface area contributed by atoms with E-state index in [0.29, 0.717) is 25.3 Å². The molecule has 0 aromatic heterocycles. The molecule has 0 radical (unpaired) electrons. The molecular weight excluding hydrogens is 451 g/mol. The highest BCUT2D eigenvalue weighted by Crippen LogP contribution is 2.66. The van der Waals surface area contributed by atoms with Crippen LogP contribution in [-0.2, 0) is 4.79 Å². The second kappa shape index (κ2) is 8.47. The Morgan fingerprint density at radius 3 is 2.43 bits per heavy atom. The molecule has 5 aliphatic rings. The molecule has 2 unspecified atom stereocenters. The molecule has 190 valence electrons. The lowest BCUT2D eigenvalue weighted by atomic mass is 9.43. The van der Waals surface area contributed by atoms with Gasteiger partial charge in [-0.05, 0) is 86.3 Å². The van der Waals surface area contributed by atoms with Gasteiger partial charge >= 0.3 is 6.03 Å². The lowest BCUT2D eigenvalue weighted by Crippen LogP contribution is -2.65. The summed E-state index contributed by atoms with van der Waals surface area (Å²) in [6.07, 6.45) is 7.73. The van der Waals surface area contributed by atoms with Gasteiger partial charge in [0, 0.05) is 24.2 Å². The van der Waals surface area contributed by atoms with Crippen LogP contribution in [0.25, 0.3) is 0 Å². The fraction of sp³-hybridized carbons (Fsp3) is 0.654. The molecule has 4 bridgehead atoms. The van der Waals surface area contributed by atoms with Crippen LogP contribution in [0.5, 0.6) is 0 Å². The van der Waals surface area contributed by atoms with Crippen molar-refractivity contribution in [3.8, 4) is 0 Å². The zero-order chi connectivity index (χ0) is 25.0. The number of rotatable bonds is 4. The Bertz CT molecular complexity index is 1040. The Labute approximate surface area is 205 Å².